The maximum atomic E-state index is 10.9. The lowest BCUT2D eigenvalue weighted by molar-refractivity contribution is 0.573. The van der Waals surface area contributed by atoms with E-state index in [2.05, 4.69) is 5.32 Å². The summed E-state index contributed by atoms with van der Waals surface area (Å²) >= 11 is 0. The van der Waals surface area contributed by atoms with Gasteiger partial charge in [-0.1, -0.05) is 30.3 Å². The molecule has 0 aromatic heterocycles. The zero-order valence-corrected chi connectivity index (χ0v) is 9.50. The second-order valence-electron chi connectivity index (χ2n) is 3.52. The van der Waals surface area contributed by atoms with Crippen LogP contribution in [0, 0.1) is 0 Å². The largest absolute Gasteiger partial charge is 0.311 e. The van der Waals surface area contributed by atoms with E-state index in [1.54, 1.807) is 6.92 Å². The molecule has 0 radical (unpaired) electrons. The van der Waals surface area contributed by atoms with Gasteiger partial charge in [-0.05, 0) is 12.5 Å². The van der Waals surface area contributed by atoms with Crippen LogP contribution in [0.3, 0.4) is 0 Å². The molecule has 0 fully saturated rings. The number of hydrogen-bond donors (Lipinski definition) is 2. The molecule has 0 saturated heterocycles. The average molecular weight is 228 g/mol. The van der Waals surface area contributed by atoms with Gasteiger partial charge in [0.2, 0.25) is 10.0 Å². The minimum absolute atomic E-state index is 0.369. The number of benzene rings is 1. The van der Waals surface area contributed by atoms with Crippen molar-refractivity contribution in [2.24, 2.45) is 5.14 Å². The number of primary sulfonamides is 1. The molecule has 0 aliphatic heterocycles. The van der Waals surface area contributed by atoms with E-state index in [4.69, 9.17) is 5.14 Å². The topological polar surface area (TPSA) is 72.2 Å². The van der Waals surface area contributed by atoms with Crippen LogP contribution >= 0.6 is 0 Å². The summed E-state index contributed by atoms with van der Waals surface area (Å²) in [5.74, 6) is 0. The van der Waals surface area contributed by atoms with Crippen LogP contribution in [0.1, 0.15) is 12.5 Å². The molecule has 0 heterocycles. The molecule has 0 amide bonds. The number of hydrogen-bond acceptors (Lipinski definition) is 3. The van der Waals surface area contributed by atoms with Crippen LogP contribution in [0.5, 0.6) is 0 Å². The van der Waals surface area contributed by atoms with Gasteiger partial charge in [-0.15, -0.1) is 0 Å². The Bertz CT molecular complexity index is 389. The fraction of sp³-hybridized carbons (Fsp3) is 0.400. The van der Waals surface area contributed by atoms with E-state index in [1.807, 2.05) is 30.3 Å². The van der Waals surface area contributed by atoms with Gasteiger partial charge in [0.15, 0.2) is 0 Å². The summed E-state index contributed by atoms with van der Waals surface area (Å²) in [6, 6.07) is 9.79. The van der Waals surface area contributed by atoms with Crippen molar-refractivity contribution in [2.75, 3.05) is 6.54 Å². The summed E-state index contributed by atoms with van der Waals surface area (Å²) in [5, 5.41) is 7.49. The molecule has 1 aromatic carbocycles. The monoisotopic (exact) mass is 228 g/mol. The zero-order valence-electron chi connectivity index (χ0n) is 8.68. The van der Waals surface area contributed by atoms with Gasteiger partial charge in [0.1, 0.15) is 0 Å². The molecule has 15 heavy (non-hydrogen) atoms. The quantitative estimate of drug-likeness (QED) is 0.768. The molecule has 0 aliphatic carbocycles. The van der Waals surface area contributed by atoms with Gasteiger partial charge in [0.25, 0.3) is 0 Å². The molecule has 1 unspecified atom stereocenters. The van der Waals surface area contributed by atoms with Crippen molar-refractivity contribution in [1.29, 1.82) is 0 Å². The van der Waals surface area contributed by atoms with Crippen LogP contribution in [0.15, 0.2) is 30.3 Å². The molecule has 1 aromatic rings. The zero-order chi connectivity index (χ0) is 11.3. The highest BCUT2D eigenvalue weighted by molar-refractivity contribution is 7.89. The van der Waals surface area contributed by atoms with Crippen molar-refractivity contribution in [2.45, 2.75) is 18.7 Å². The standard InChI is InChI=1S/C10H16N2O2S/c1-9(15(11,13)14)7-12-8-10-5-3-2-4-6-10/h2-6,9,12H,7-8H2,1H3,(H2,11,13,14). The van der Waals surface area contributed by atoms with Crippen LogP contribution in [0.4, 0.5) is 0 Å². The van der Waals surface area contributed by atoms with Crippen molar-refractivity contribution >= 4 is 10.0 Å². The summed E-state index contributed by atoms with van der Waals surface area (Å²) in [7, 11) is -3.42. The number of nitrogens with one attached hydrogen (secondary N) is 1. The Balaban J connectivity index is 2.35. The fourth-order valence-corrected chi connectivity index (χ4v) is 1.48. The normalized spacial score (nSPS) is 13.7. The molecular formula is C10H16N2O2S. The highest BCUT2D eigenvalue weighted by Crippen LogP contribution is 1.98. The first-order valence-corrected chi connectivity index (χ1v) is 6.37. The fourth-order valence-electron chi connectivity index (χ4n) is 1.13. The molecule has 3 N–H and O–H groups in total. The van der Waals surface area contributed by atoms with E-state index in [0.717, 1.165) is 5.56 Å². The van der Waals surface area contributed by atoms with Gasteiger partial charge in [-0.3, -0.25) is 0 Å². The molecule has 5 heteroatoms. The van der Waals surface area contributed by atoms with Crippen molar-refractivity contribution in [3.05, 3.63) is 35.9 Å². The summed E-state index contributed by atoms with van der Waals surface area (Å²) in [4.78, 5) is 0. The minimum Gasteiger partial charge on any atom is -0.311 e. The predicted octanol–water partition coefficient (Wildman–Crippen LogP) is 0.453. The Labute approximate surface area is 90.5 Å². The average Bonchev–Trinajstić information content (AvgIpc) is 2.18. The van der Waals surface area contributed by atoms with Crippen molar-refractivity contribution in [3.8, 4) is 0 Å². The van der Waals surface area contributed by atoms with Gasteiger partial charge in [0, 0.05) is 13.1 Å². The van der Waals surface area contributed by atoms with Gasteiger partial charge in [0.05, 0.1) is 5.25 Å². The third kappa shape index (κ3) is 4.42. The van der Waals surface area contributed by atoms with Crippen molar-refractivity contribution in [3.63, 3.8) is 0 Å². The Morgan fingerprint density at radius 1 is 1.33 bits per heavy atom. The second kappa shape index (κ2) is 5.25. The van der Waals surface area contributed by atoms with Crippen LogP contribution in [-0.2, 0) is 16.6 Å². The minimum atomic E-state index is -3.42. The number of sulfonamides is 1. The third-order valence-electron chi connectivity index (χ3n) is 2.16. The van der Waals surface area contributed by atoms with Crippen molar-refractivity contribution < 1.29 is 8.42 Å². The van der Waals surface area contributed by atoms with Crippen LogP contribution in [0.2, 0.25) is 0 Å². The summed E-state index contributed by atoms with van der Waals surface area (Å²) in [6.45, 7) is 2.61. The smallest absolute Gasteiger partial charge is 0.212 e. The maximum Gasteiger partial charge on any atom is 0.212 e. The predicted molar refractivity (Wildman–Crippen MR) is 60.7 cm³/mol. The van der Waals surface area contributed by atoms with Gasteiger partial charge < -0.3 is 5.32 Å². The third-order valence-corrected chi connectivity index (χ3v) is 3.45. The second-order valence-corrected chi connectivity index (χ2v) is 5.50. The molecular weight excluding hydrogens is 212 g/mol. The highest BCUT2D eigenvalue weighted by Gasteiger charge is 2.14. The first-order valence-electron chi connectivity index (χ1n) is 4.76. The summed E-state index contributed by atoms with van der Waals surface area (Å²) in [5.41, 5.74) is 1.12. The van der Waals surface area contributed by atoms with Crippen molar-refractivity contribution in [1.82, 2.24) is 5.32 Å². The molecule has 84 valence electrons. The molecule has 0 saturated carbocycles. The molecule has 4 nitrogen and oxygen atoms in total. The SMILES string of the molecule is CC(CNCc1ccccc1)S(N)(=O)=O. The van der Waals surface area contributed by atoms with Crippen LogP contribution in [0.25, 0.3) is 0 Å². The molecule has 0 aliphatic rings. The van der Waals surface area contributed by atoms with Gasteiger partial charge >= 0.3 is 0 Å². The lowest BCUT2D eigenvalue weighted by atomic mass is 10.2. The van der Waals surface area contributed by atoms with E-state index in [9.17, 15) is 8.42 Å². The lowest BCUT2D eigenvalue weighted by Crippen LogP contribution is -2.35. The lowest BCUT2D eigenvalue weighted by Gasteiger charge is -2.10. The maximum absolute atomic E-state index is 10.9. The van der Waals surface area contributed by atoms with E-state index >= 15 is 0 Å². The molecule has 0 bridgehead atoms. The van der Waals surface area contributed by atoms with Crippen LogP contribution in [-0.4, -0.2) is 20.2 Å². The number of nitrogens with two attached hydrogens (primary N) is 1. The van der Waals surface area contributed by atoms with E-state index < -0.39 is 15.3 Å². The van der Waals surface area contributed by atoms with E-state index in [-0.39, 0.29) is 0 Å². The van der Waals surface area contributed by atoms with Crippen LogP contribution < -0.4 is 10.5 Å². The summed E-state index contributed by atoms with van der Waals surface area (Å²) in [6.07, 6.45) is 0. The molecule has 1 rings (SSSR count). The number of rotatable bonds is 5. The summed E-state index contributed by atoms with van der Waals surface area (Å²) < 4.78 is 21.8. The first kappa shape index (κ1) is 12.2. The Morgan fingerprint density at radius 2 is 1.93 bits per heavy atom. The van der Waals surface area contributed by atoms with Gasteiger partial charge in [-0.2, -0.15) is 0 Å². The highest BCUT2D eigenvalue weighted by atomic mass is 32.2. The first-order chi connectivity index (χ1) is 7.00. The Morgan fingerprint density at radius 3 is 2.47 bits per heavy atom. The Hall–Kier alpha value is -0.910. The van der Waals surface area contributed by atoms with Gasteiger partial charge in [-0.25, -0.2) is 13.6 Å². The molecule has 1 atom stereocenters. The van der Waals surface area contributed by atoms with E-state index in [1.165, 1.54) is 0 Å². The van der Waals surface area contributed by atoms with E-state index in [0.29, 0.717) is 13.1 Å². The molecule has 0 spiro atoms. The Kier molecular flexibility index (Phi) is 4.26.